The van der Waals surface area contributed by atoms with Crippen molar-refractivity contribution < 1.29 is 52.9 Å². The fourth-order valence-corrected chi connectivity index (χ4v) is 10.8. The van der Waals surface area contributed by atoms with E-state index in [2.05, 4.69) is 10.6 Å². The standard InChI is InChI=1S/C50H74N6O11/c1-9-31(4)44(38(66-7)29-42(60)54-26-16-19-37(54)46(67-8)32(5)47(61)51-36(50(64)65)27-33-17-12-10-13-18-33)53(6)49(63)43(30(2)3)52-48(62)45-34-21-22-35(28-34)56(45)41(59)20-14-11-15-25-55-39(57)23-24-40(55)58/h10,12-13,17-18,23-24,30-32,34-38,43-46H,9,11,14-16,19-22,25-29H2,1-8H3,(H,51,61)(H,52,62)(H,64,65)/t31-,32+,34?,35-,36-,37-,38+,43-,44-,45-,46+/m0/s1. The largest absolute Gasteiger partial charge is 0.480 e. The minimum absolute atomic E-state index is 0.0168. The highest BCUT2D eigenvalue weighted by Gasteiger charge is 2.52. The summed E-state index contributed by atoms with van der Waals surface area (Å²) >= 11 is 0. The van der Waals surface area contributed by atoms with Gasteiger partial charge in [-0.25, -0.2) is 4.79 Å². The van der Waals surface area contributed by atoms with Crippen molar-refractivity contribution >= 4 is 47.3 Å². The number of carboxylic acids is 1. The normalized spacial score (nSPS) is 23.2. The number of ether oxygens (including phenoxy) is 2. The Kier molecular flexibility index (Phi) is 19.1. The van der Waals surface area contributed by atoms with Gasteiger partial charge in [-0.3, -0.25) is 38.5 Å². The zero-order valence-corrected chi connectivity index (χ0v) is 40.7. The van der Waals surface area contributed by atoms with Crippen LogP contribution in [0.4, 0.5) is 0 Å². The molecule has 3 N–H and O–H groups in total. The molecule has 2 bridgehead atoms. The van der Waals surface area contributed by atoms with E-state index < -0.39 is 60.2 Å². The topological polar surface area (TPSA) is 212 Å². The second-order valence-electron chi connectivity index (χ2n) is 19.4. The quantitative estimate of drug-likeness (QED) is 0.0950. The van der Waals surface area contributed by atoms with Crippen LogP contribution in [0.25, 0.3) is 0 Å². The van der Waals surface area contributed by atoms with E-state index in [1.54, 1.807) is 40.8 Å². The molecule has 17 heteroatoms. The predicted molar refractivity (Wildman–Crippen MR) is 249 cm³/mol. The average Bonchev–Trinajstić information content (AvgIpc) is 4.13. The van der Waals surface area contributed by atoms with E-state index in [-0.39, 0.29) is 78.5 Å². The molecule has 1 aromatic carbocycles. The first-order valence-corrected chi connectivity index (χ1v) is 24.3. The third kappa shape index (κ3) is 12.7. The molecular weight excluding hydrogens is 861 g/mol. The molecule has 1 unspecified atom stereocenters. The van der Waals surface area contributed by atoms with Crippen molar-refractivity contribution in [3.05, 3.63) is 48.0 Å². The molecule has 3 aliphatic heterocycles. The van der Waals surface area contributed by atoms with E-state index in [0.717, 1.165) is 24.8 Å². The smallest absolute Gasteiger partial charge is 0.326 e. The fourth-order valence-electron chi connectivity index (χ4n) is 10.8. The fraction of sp³-hybridized carbons (Fsp3) is 0.680. The van der Waals surface area contributed by atoms with Crippen LogP contribution in [0.1, 0.15) is 111 Å². The minimum Gasteiger partial charge on any atom is -0.480 e. The van der Waals surface area contributed by atoms with Gasteiger partial charge in [-0.05, 0) is 68.3 Å². The second kappa shape index (κ2) is 24.2. The molecule has 11 atom stereocenters. The van der Waals surface area contributed by atoms with Gasteiger partial charge in [0.15, 0.2) is 0 Å². The summed E-state index contributed by atoms with van der Waals surface area (Å²) in [6.07, 6.45) is 7.35. The van der Waals surface area contributed by atoms with Gasteiger partial charge in [-0.15, -0.1) is 0 Å². The number of hydrogen-bond acceptors (Lipinski definition) is 10. The molecule has 2 saturated heterocycles. The number of aliphatic carboxylic acids is 1. The molecule has 0 aromatic heterocycles. The van der Waals surface area contributed by atoms with Crippen LogP contribution in [0, 0.1) is 23.7 Å². The number of likely N-dealkylation sites (N-methyl/N-ethyl adjacent to an activating group) is 1. The number of likely N-dealkylation sites (tertiary alicyclic amines) is 2. The molecular formula is C50H74N6O11. The van der Waals surface area contributed by atoms with Gasteiger partial charge in [0.2, 0.25) is 29.5 Å². The Balaban J connectivity index is 1.22. The molecule has 1 aliphatic carbocycles. The van der Waals surface area contributed by atoms with Gasteiger partial charge in [-0.1, -0.05) is 77.8 Å². The molecule has 7 amide bonds. The number of methoxy groups -OCH3 is 2. The Morgan fingerprint density at radius 1 is 0.881 bits per heavy atom. The van der Waals surface area contributed by atoms with Gasteiger partial charge in [0.25, 0.3) is 11.8 Å². The molecule has 1 aromatic rings. The molecule has 0 radical (unpaired) electrons. The third-order valence-electron chi connectivity index (χ3n) is 14.7. The first-order chi connectivity index (χ1) is 31.9. The zero-order chi connectivity index (χ0) is 49.1. The lowest BCUT2D eigenvalue weighted by Gasteiger charge is -2.41. The van der Waals surface area contributed by atoms with Gasteiger partial charge in [0.1, 0.15) is 18.1 Å². The van der Waals surface area contributed by atoms with Crippen molar-refractivity contribution in [2.75, 3.05) is 34.4 Å². The number of rotatable bonds is 25. The van der Waals surface area contributed by atoms with Crippen LogP contribution in [0.5, 0.6) is 0 Å². The Morgan fingerprint density at radius 3 is 2.18 bits per heavy atom. The highest BCUT2D eigenvalue weighted by Crippen LogP contribution is 2.43. The maximum absolute atomic E-state index is 14.7. The van der Waals surface area contributed by atoms with Crippen molar-refractivity contribution in [2.24, 2.45) is 23.7 Å². The molecule has 0 spiro atoms. The lowest BCUT2D eigenvalue weighted by Crippen LogP contribution is -2.60. The van der Waals surface area contributed by atoms with Crippen LogP contribution in [0.2, 0.25) is 0 Å². The number of unbranched alkanes of at least 4 members (excludes halogenated alkanes) is 2. The van der Waals surface area contributed by atoms with Gasteiger partial charge in [0, 0.05) is 65.4 Å². The van der Waals surface area contributed by atoms with E-state index in [0.29, 0.717) is 51.6 Å². The highest BCUT2D eigenvalue weighted by molar-refractivity contribution is 6.12. The van der Waals surface area contributed by atoms with E-state index in [4.69, 9.17) is 9.47 Å². The molecule has 67 heavy (non-hydrogen) atoms. The number of amides is 7. The summed E-state index contributed by atoms with van der Waals surface area (Å²) in [5.74, 6) is -4.59. The summed E-state index contributed by atoms with van der Waals surface area (Å²) in [7, 11) is 4.68. The van der Waals surface area contributed by atoms with Crippen LogP contribution in [-0.4, -0.2) is 155 Å². The first-order valence-electron chi connectivity index (χ1n) is 24.3. The van der Waals surface area contributed by atoms with Gasteiger partial charge < -0.3 is 39.9 Å². The van der Waals surface area contributed by atoms with E-state index in [1.807, 2.05) is 45.9 Å². The van der Waals surface area contributed by atoms with E-state index >= 15 is 0 Å². The summed E-state index contributed by atoms with van der Waals surface area (Å²) in [5.41, 5.74) is 0.767. The monoisotopic (exact) mass is 935 g/mol. The lowest BCUT2D eigenvalue weighted by molar-refractivity contribution is -0.149. The first kappa shape index (κ1) is 52.8. The van der Waals surface area contributed by atoms with Gasteiger partial charge in [0.05, 0.1) is 36.6 Å². The number of nitrogens with zero attached hydrogens (tertiary/aromatic N) is 4. The summed E-state index contributed by atoms with van der Waals surface area (Å²) in [5, 5.41) is 15.7. The number of nitrogens with one attached hydrogen (secondary N) is 2. The van der Waals surface area contributed by atoms with Crippen molar-refractivity contribution in [1.82, 2.24) is 30.2 Å². The number of hydrogen-bond donors (Lipinski definition) is 3. The number of imide groups is 1. The van der Waals surface area contributed by atoms with Crippen molar-refractivity contribution in [3.63, 3.8) is 0 Å². The number of fused-ring (bicyclic) bond motifs is 2. The summed E-state index contributed by atoms with van der Waals surface area (Å²) in [6, 6.07) is 5.19. The number of carboxylic acid groups (broad SMARTS) is 1. The molecule has 3 heterocycles. The predicted octanol–water partition coefficient (Wildman–Crippen LogP) is 3.72. The maximum Gasteiger partial charge on any atom is 0.326 e. The number of carbonyl (C=O) groups excluding carboxylic acids is 7. The van der Waals surface area contributed by atoms with Gasteiger partial charge >= 0.3 is 5.97 Å². The van der Waals surface area contributed by atoms with Crippen LogP contribution < -0.4 is 10.6 Å². The van der Waals surface area contributed by atoms with E-state index in [9.17, 15) is 43.5 Å². The van der Waals surface area contributed by atoms with Crippen molar-refractivity contribution in [3.8, 4) is 0 Å². The average molecular weight is 935 g/mol. The Bertz CT molecular complexity index is 1940. The molecule has 4 aliphatic rings. The zero-order valence-electron chi connectivity index (χ0n) is 40.7. The Morgan fingerprint density at radius 2 is 1.57 bits per heavy atom. The maximum atomic E-state index is 14.7. The second-order valence-corrected chi connectivity index (χ2v) is 19.4. The van der Waals surface area contributed by atoms with Crippen LogP contribution in [-0.2, 0) is 54.3 Å². The SMILES string of the molecule is CC[C@H](C)[C@@H]([C@@H](CC(=O)N1CCC[C@H]1[C@H](OC)[C@@H](C)C(=O)N[C@@H](Cc1ccccc1)C(=O)O)OC)N(C)C(=O)[C@@H](NC(=O)[C@@H]1C2CC[C@@H](C2)N1C(=O)CCCCCN1C(=O)C=CC1=O)C(C)C. The van der Waals surface area contributed by atoms with Crippen molar-refractivity contribution in [2.45, 2.75) is 160 Å². The Hall–Kier alpha value is -5.16. The molecule has 17 nitrogen and oxygen atoms in total. The molecule has 3 fully saturated rings. The summed E-state index contributed by atoms with van der Waals surface area (Å²) < 4.78 is 12.0. The van der Waals surface area contributed by atoms with Crippen LogP contribution in [0.3, 0.4) is 0 Å². The molecule has 370 valence electrons. The minimum atomic E-state index is -1.16. The third-order valence-corrected chi connectivity index (χ3v) is 14.7. The van der Waals surface area contributed by atoms with Crippen LogP contribution in [0.15, 0.2) is 42.5 Å². The van der Waals surface area contributed by atoms with E-state index in [1.165, 1.54) is 31.3 Å². The number of piperidine rings is 1. The van der Waals surface area contributed by atoms with Crippen LogP contribution >= 0.6 is 0 Å². The summed E-state index contributed by atoms with van der Waals surface area (Å²) in [4.78, 5) is 113. The lowest BCUT2D eigenvalue weighted by atomic mass is 9.89. The van der Waals surface area contributed by atoms with Crippen molar-refractivity contribution in [1.29, 1.82) is 0 Å². The number of carbonyl (C=O) groups is 8. The number of benzene rings is 1. The summed E-state index contributed by atoms with van der Waals surface area (Å²) in [6.45, 7) is 10.1. The Labute approximate surface area is 395 Å². The molecule has 5 rings (SSSR count). The highest BCUT2D eigenvalue weighted by atomic mass is 16.5. The van der Waals surface area contributed by atoms with Gasteiger partial charge in [-0.2, -0.15) is 0 Å². The molecule has 1 saturated carbocycles.